The predicted molar refractivity (Wildman–Crippen MR) is 389 cm³/mol. The molecule has 24 heteroatoms. The molecule has 0 spiro atoms. The van der Waals surface area contributed by atoms with Gasteiger partial charge in [-0.2, -0.15) is 0 Å². The van der Waals surface area contributed by atoms with E-state index in [-0.39, 0.29) is 103 Å². The summed E-state index contributed by atoms with van der Waals surface area (Å²) in [6.07, 6.45) is 15.4. The first-order chi connectivity index (χ1) is 44.3. The zero-order valence-corrected chi connectivity index (χ0v) is 66.3. The predicted octanol–water partition coefficient (Wildman–Crippen LogP) is 10.1. The largest absolute Gasteiger partial charge is 0.475 e. The lowest BCUT2D eigenvalue weighted by Gasteiger charge is -2.54. The number of amidine groups is 1. The van der Waals surface area contributed by atoms with Crippen molar-refractivity contribution in [1.82, 2.24) is 77.2 Å². The molecule has 6 fully saturated rings. The number of rotatable bonds is 18. The van der Waals surface area contributed by atoms with E-state index in [1.165, 1.54) is 5.28 Å². The summed E-state index contributed by atoms with van der Waals surface area (Å²) < 4.78 is 21.2. The first-order valence-electron chi connectivity index (χ1n) is 36.6. The van der Waals surface area contributed by atoms with Gasteiger partial charge in [0.05, 0.1) is 24.9 Å². The van der Waals surface area contributed by atoms with Crippen LogP contribution in [0.25, 0.3) is 0 Å². The van der Waals surface area contributed by atoms with Gasteiger partial charge in [-0.1, -0.05) is 20.8 Å². The highest BCUT2D eigenvalue weighted by Gasteiger charge is 2.51. The lowest BCUT2D eigenvalue weighted by Crippen LogP contribution is -2.63. The smallest absolute Gasteiger partial charge is 0.239 e. The van der Waals surface area contributed by atoms with E-state index >= 15 is 0 Å². The van der Waals surface area contributed by atoms with E-state index in [1.807, 2.05) is 18.2 Å². The van der Waals surface area contributed by atoms with Gasteiger partial charge in [0.15, 0.2) is 0 Å². The summed E-state index contributed by atoms with van der Waals surface area (Å²) in [5.41, 5.74) is 12.9. The van der Waals surface area contributed by atoms with Crippen LogP contribution in [-0.4, -0.2) is 239 Å². The van der Waals surface area contributed by atoms with Crippen molar-refractivity contribution in [3.8, 4) is 0 Å². The summed E-state index contributed by atoms with van der Waals surface area (Å²) in [6, 6.07) is 0. The van der Waals surface area contributed by atoms with Gasteiger partial charge in [0, 0.05) is 148 Å². The van der Waals surface area contributed by atoms with E-state index in [0.29, 0.717) is 55.5 Å². The van der Waals surface area contributed by atoms with Crippen LogP contribution in [0.5, 0.6) is 0 Å². The van der Waals surface area contributed by atoms with Gasteiger partial charge in [0.25, 0.3) is 0 Å². The third-order valence-electron chi connectivity index (χ3n) is 25.0. The first-order valence-corrected chi connectivity index (χ1v) is 36.6. The third-order valence-corrected chi connectivity index (χ3v) is 25.0. The summed E-state index contributed by atoms with van der Waals surface area (Å²) in [7, 11) is 13.3. The van der Waals surface area contributed by atoms with Crippen LogP contribution in [0, 0.1) is 0 Å². The van der Waals surface area contributed by atoms with Gasteiger partial charge in [-0.3, -0.25) is 44.7 Å². The number of aliphatic imine (C=N–C) groups is 1. The molecule has 97 heavy (non-hydrogen) atoms. The molecule has 24 nitrogen and oxygen atoms in total. The molecule has 0 atom stereocenters. The minimum absolute atomic E-state index is 0.0558. The van der Waals surface area contributed by atoms with Crippen LogP contribution < -0.4 is 27.0 Å². The fourth-order valence-corrected chi connectivity index (χ4v) is 17.9. The highest BCUT2D eigenvalue weighted by Crippen LogP contribution is 2.45. The summed E-state index contributed by atoms with van der Waals surface area (Å²) >= 11 is 0. The second-order valence-electron chi connectivity index (χ2n) is 37.9. The second-order valence-corrected chi connectivity index (χ2v) is 37.9. The van der Waals surface area contributed by atoms with Crippen molar-refractivity contribution in [2.24, 2.45) is 15.2 Å². The fraction of sp³-hybridized carbons (Fsp3) is 0.877. The highest BCUT2D eigenvalue weighted by molar-refractivity contribution is 5.93. The molecule has 9 aliphatic rings. The Labute approximate surface area is 586 Å². The normalized spacial score (nSPS) is 29.4. The number of nitrogens with zero attached hydrogens (tertiary/aromatic N) is 13. The van der Waals surface area contributed by atoms with Gasteiger partial charge in [-0.05, 0) is 247 Å². The van der Waals surface area contributed by atoms with Crippen molar-refractivity contribution in [2.45, 2.75) is 346 Å². The number of hydrogen-bond acceptors (Lipinski definition) is 23. The van der Waals surface area contributed by atoms with Crippen molar-refractivity contribution in [2.75, 3.05) is 68.5 Å². The Kier molecular flexibility index (Phi) is 21.5. The average Bonchev–Trinajstić information content (AvgIpc) is 0.805. The maximum atomic E-state index is 7.15. The molecule has 0 amide bonds. The SMILES string of the molecule is CN1C(C)(C)CC(OC2=CC(=NCCN(CCNC3=CC(OC4CC(C)(C)N(C)C(C)(C)C4)=NN(OC4CC(C)(C)N(C)C(C)(C)C4)N3)C3=CC(OC4CC(C)(C)N(C)C(C)(C)C4)=NN(OC4CC(C)(C)N(C)C(C)(C)C4)N3)NN(OC3CC(C)(C)N(C)C(C)(C)C3)N2)CC1(C)C. The van der Waals surface area contributed by atoms with Crippen LogP contribution >= 0.6 is 0 Å². The first kappa shape index (κ1) is 76.8. The molecule has 0 saturated carbocycles. The lowest BCUT2D eigenvalue weighted by molar-refractivity contribution is -0.275. The maximum Gasteiger partial charge on any atom is 0.239 e. The van der Waals surface area contributed by atoms with Crippen molar-refractivity contribution in [3.05, 3.63) is 35.8 Å². The minimum atomic E-state index is -0.149. The van der Waals surface area contributed by atoms with Crippen LogP contribution in [0.15, 0.2) is 50.9 Å². The zero-order valence-electron chi connectivity index (χ0n) is 66.3. The molecule has 9 rings (SSSR count). The molecule has 554 valence electrons. The molecule has 0 bridgehead atoms. The highest BCUT2D eigenvalue weighted by atomic mass is 16.8. The quantitative estimate of drug-likeness (QED) is 0.0872. The Morgan fingerprint density at radius 1 is 0.392 bits per heavy atom. The number of nitrogens with one attached hydrogen (secondary N) is 5. The number of hydrogen-bond donors (Lipinski definition) is 5. The second kappa shape index (κ2) is 27.1. The molecule has 6 saturated heterocycles. The minimum Gasteiger partial charge on any atom is -0.475 e. The Morgan fingerprint density at radius 3 is 1.08 bits per heavy atom. The van der Waals surface area contributed by atoms with Gasteiger partial charge in [-0.25, -0.2) is 26.0 Å². The standard InChI is InChI=1S/C73H136N18O6/c1-62(2)38-50(39-63(3,4)82(62)25)92-59-35-56(76-89(79-59)95-53-44-68(13,14)85(28)69(15,16)45-53)74-31-33-88(58-37-61(94-52-42-66(9,10)84(27)67(11,12)43-52)81-91(78-58)97-55-48-72(21,22)87(30)73(23,24)49-55)34-32-75-57-36-60(93-51-40-64(5,6)83(26)65(7,8)41-51)80-90(77-57)96-54-46-70(17,18)86(29)71(19,20)47-54/h35-37,50-55,74,76,78,80H,31-34,38-49H2,1-30H3,(H,75,77). The Morgan fingerprint density at radius 2 is 0.711 bits per heavy atom. The molecule has 0 aromatic carbocycles. The molecule has 0 aliphatic carbocycles. The van der Waals surface area contributed by atoms with Crippen molar-refractivity contribution < 1.29 is 28.7 Å². The van der Waals surface area contributed by atoms with Gasteiger partial charge in [0.1, 0.15) is 35.8 Å². The van der Waals surface area contributed by atoms with E-state index in [1.54, 1.807) is 10.6 Å². The number of hydrazine groups is 4. The molecular weight excluding hydrogens is 1220 g/mol. The van der Waals surface area contributed by atoms with E-state index in [9.17, 15) is 0 Å². The number of piperidine rings is 6. The molecule has 0 aromatic heterocycles. The van der Waals surface area contributed by atoms with Crippen LogP contribution in [0.2, 0.25) is 0 Å². The molecule has 0 unspecified atom stereocenters. The summed E-state index contributed by atoms with van der Waals surface area (Å²) in [5, 5.41) is 18.7. The van der Waals surface area contributed by atoms with Crippen molar-refractivity contribution in [1.29, 1.82) is 0 Å². The third kappa shape index (κ3) is 17.8. The topological polar surface area (TPSA) is 185 Å². The fourth-order valence-electron chi connectivity index (χ4n) is 17.9. The molecule has 0 radical (unpaired) electrons. The summed E-state index contributed by atoms with van der Waals surface area (Å²) in [4.78, 5) is 43.4. The zero-order chi connectivity index (χ0) is 72.0. The molecule has 9 aliphatic heterocycles. The Bertz CT molecular complexity index is 2870. The van der Waals surface area contributed by atoms with E-state index in [4.69, 9.17) is 43.9 Å². The van der Waals surface area contributed by atoms with Crippen LogP contribution in [0.4, 0.5) is 0 Å². The van der Waals surface area contributed by atoms with Gasteiger partial charge < -0.3 is 24.4 Å². The number of ether oxygens (including phenoxy) is 3. The maximum absolute atomic E-state index is 7.15. The van der Waals surface area contributed by atoms with Gasteiger partial charge in [0.2, 0.25) is 17.7 Å². The Balaban J connectivity index is 1.05. The van der Waals surface area contributed by atoms with Crippen LogP contribution in [0.1, 0.15) is 243 Å². The van der Waals surface area contributed by atoms with E-state index in [2.05, 4.69) is 270 Å². The number of hydrazone groups is 2. The molecule has 0 aromatic rings. The van der Waals surface area contributed by atoms with E-state index in [0.717, 1.165) is 82.9 Å². The lowest BCUT2D eigenvalue weighted by atomic mass is 9.79. The monoisotopic (exact) mass is 1360 g/mol. The average molecular weight is 1360 g/mol. The van der Waals surface area contributed by atoms with Crippen LogP contribution in [-0.2, 0) is 28.7 Å². The number of likely N-dealkylation sites (tertiary alicyclic amines) is 6. The molecule has 9 heterocycles. The van der Waals surface area contributed by atoms with Crippen LogP contribution in [0.3, 0.4) is 0 Å². The summed E-state index contributed by atoms with van der Waals surface area (Å²) in [6.45, 7) is 57.0. The Hall–Kier alpha value is -4.37. The van der Waals surface area contributed by atoms with Crippen molar-refractivity contribution >= 4 is 17.6 Å². The van der Waals surface area contributed by atoms with Gasteiger partial charge >= 0.3 is 0 Å². The molecular formula is C73H136N18O6. The summed E-state index contributed by atoms with van der Waals surface area (Å²) in [5.74, 6) is 3.62. The van der Waals surface area contributed by atoms with E-state index < -0.39 is 0 Å². The van der Waals surface area contributed by atoms with Crippen molar-refractivity contribution in [3.63, 3.8) is 0 Å². The molecule has 5 N–H and O–H groups in total. The van der Waals surface area contributed by atoms with Gasteiger partial charge in [-0.15, -0.1) is 0 Å².